The monoisotopic (exact) mass is 573 g/mol. The summed E-state index contributed by atoms with van der Waals surface area (Å²) in [6.07, 6.45) is -16.2. The van der Waals surface area contributed by atoms with Crippen LogP contribution in [-0.4, -0.2) is 35.0 Å². The van der Waals surface area contributed by atoms with E-state index in [1.165, 1.54) is 25.1 Å². The van der Waals surface area contributed by atoms with Crippen LogP contribution in [0.1, 0.15) is 52.1 Å². The maximum Gasteiger partial charge on any atom is 0.437 e. The Morgan fingerprint density at radius 3 is 2.26 bits per heavy atom. The predicted octanol–water partition coefficient (Wildman–Crippen LogP) is 6.72. The average molecular weight is 574 g/mol. The topological polar surface area (TPSA) is 63.6 Å². The van der Waals surface area contributed by atoms with Gasteiger partial charge in [0.05, 0.1) is 23.7 Å². The Hall–Kier alpha value is -3.03. The number of aromatic nitrogens is 1. The van der Waals surface area contributed by atoms with Crippen LogP contribution in [0, 0.1) is 12.8 Å². The van der Waals surface area contributed by atoms with Crippen molar-refractivity contribution in [2.75, 3.05) is 0 Å². The predicted molar refractivity (Wildman–Crippen MR) is 115 cm³/mol. The fourth-order valence-corrected chi connectivity index (χ4v) is 4.44. The second-order valence-corrected chi connectivity index (χ2v) is 9.53. The van der Waals surface area contributed by atoms with Crippen molar-refractivity contribution in [3.8, 4) is 0 Å². The number of aryl methyl sites for hydroxylation is 1. The molecular formula is C23H17ClF9N3O2. The fraction of sp³-hybridized carbons (Fsp3) is 0.435. The Bertz CT molecular complexity index is 1280. The normalized spacial score (nSPS) is 23.9. The summed E-state index contributed by atoms with van der Waals surface area (Å²) in [5, 5.41) is 5.32. The number of oxime groups is 1. The van der Waals surface area contributed by atoms with E-state index in [2.05, 4.69) is 15.5 Å². The number of halogens is 10. The number of rotatable bonds is 4. The number of alkyl halides is 9. The molecule has 1 N–H and O–H groups in total. The molecule has 1 aliphatic carbocycles. The van der Waals surface area contributed by atoms with Gasteiger partial charge in [0.1, 0.15) is 5.69 Å². The van der Waals surface area contributed by atoms with E-state index in [4.69, 9.17) is 16.4 Å². The van der Waals surface area contributed by atoms with Gasteiger partial charge < -0.3 is 10.2 Å². The van der Waals surface area contributed by atoms with Gasteiger partial charge in [0.15, 0.2) is 0 Å². The van der Waals surface area contributed by atoms with E-state index >= 15 is 0 Å². The Labute approximate surface area is 214 Å². The number of benzene rings is 1. The first kappa shape index (κ1) is 28.0. The molecule has 1 aromatic carbocycles. The van der Waals surface area contributed by atoms with Crippen LogP contribution in [0.25, 0.3) is 0 Å². The first-order chi connectivity index (χ1) is 17.4. The average Bonchev–Trinajstić information content (AvgIpc) is 3.21. The molecule has 0 spiro atoms. The van der Waals surface area contributed by atoms with Crippen LogP contribution in [0.15, 0.2) is 35.5 Å². The van der Waals surface area contributed by atoms with Gasteiger partial charge in [-0.1, -0.05) is 22.8 Å². The summed E-state index contributed by atoms with van der Waals surface area (Å²) < 4.78 is 120. The van der Waals surface area contributed by atoms with Gasteiger partial charge in [-0.05, 0) is 55.2 Å². The van der Waals surface area contributed by atoms with Crippen LogP contribution in [0.5, 0.6) is 0 Å². The minimum atomic E-state index is -5.25. The molecule has 0 saturated heterocycles. The number of hydrogen-bond donors (Lipinski definition) is 1. The molecule has 1 saturated carbocycles. The highest BCUT2D eigenvalue weighted by Crippen LogP contribution is 2.49. The van der Waals surface area contributed by atoms with Crippen molar-refractivity contribution < 1.29 is 49.1 Å². The lowest BCUT2D eigenvalue weighted by atomic mass is 9.79. The first-order valence-electron chi connectivity index (χ1n) is 11.0. The van der Waals surface area contributed by atoms with Gasteiger partial charge in [-0.2, -0.15) is 39.5 Å². The van der Waals surface area contributed by atoms with Crippen molar-refractivity contribution >= 4 is 23.2 Å². The highest BCUT2D eigenvalue weighted by molar-refractivity contribution is 6.30. The molecule has 1 aromatic heterocycles. The number of carbonyl (C=O) groups excluding carboxylic acids is 1. The number of pyridine rings is 1. The van der Waals surface area contributed by atoms with E-state index in [1.54, 1.807) is 0 Å². The second kappa shape index (κ2) is 9.31. The third-order valence-corrected chi connectivity index (χ3v) is 6.64. The molecule has 2 heterocycles. The summed E-state index contributed by atoms with van der Waals surface area (Å²) in [7, 11) is 0. The summed E-state index contributed by atoms with van der Waals surface area (Å²) in [5.41, 5.74) is -5.95. The quantitative estimate of drug-likeness (QED) is 0.413. The Balaban J connectivity index is 1.55. The lowest BCUT2D eigenvalue weighted by Gasteiger charge is -2.36. The number of nitrogens with one attached hydrogen (secondary N) is 1. The molecule has 5 nitrogen and oxygen atoms in total. The zero-order chi connectivity index (χ0) is 28.3. The molecule has 0 unspecified atom stereocenters. The van der Waals surface area contributed by atoms with Crippen LogP contribution in [0.4, 0.5) is 39.5 Å². The molecule has 0 radical (unpaired) electrons. The first-order valence-corrected chi connectivity index (χ1v) is 11.3. The molecule has 206 valence electrons. The van der Waals surface area contributed by atoms with Crippen LogP contribution in [0.2, 0.25) is 5.02 Å². The van der Waals surface area contributed by atoms with Crippen LogP contribution < -0.4 is 5.32 Å². The molecule has 2 aromatic rings. The molecule has 1 amide bonds. The van der Waals surface area contributed by atoms with Gasteiger partial charge in [0, 0.05) is 16.6 Å². The zero-order valence-electron chi connectivity index (χ0n) is 19.2. The standard InChI is InChI=1S/C23H17ClF9N3O2/c1-10-4-11(2-3-15(10)19(37)34-14-5-12(6-14)21(25,26)27)16-9-20(38-36-16,23(31,32)33)17-7-13(24)8-18(35-17)22(28,29)30/h2-4,7-8,12,14H,5-6,9H2,1H3,(H,34,37)/t12?,14?,20-/m1/s1. The second-order valence-electron chi connectivity index (χ2n) is 9.09. The van der Waals surface area contributed by atoms with Gasteiger partial charge in [-0.3, -0.25) is 4.79 Å². The lowest BCUT2D eigenvalue weighted by Crippen LogP contribution is -2.49. The zero-order valence-corrected chi connectivity index (χ0v) is 19.9. The van der Waals surface area contributed by atoms with E-state index in [9.17, 15) is 44.3 Å². The molecule has 2 aliphatic rings. The van der Waals surface area contributed by atoms with Gasteiger partial charge >= 0.3 is 18.5 Å². The minimum Gasteiger partial charge on any atom is -0.372 e. The maximum atomic E-state index is 14.2. The molecule has 4 rings (SSSR count). The van der Waals surface area contributed by atoms with Crippen molar-refractivity contribution in [2.45, 2.75) is 56.4 Å². The van der Waals surface area contributed by atoms with Crippen LogP contribution >= 0.6 is 11.6 Å². The van der Waals surface area contributed by atoms with E-state index in [1.807, 2.05) is 0 Å². The van der Waals surface area contributed by atoms with Crippen LogP contribution in [0.3, 0.4) is 0 Å². The van der Waals surface area contributed by atoms with Crippen molar-refractivity contribution in [1.82, 2.24) is 10.3 Å². The third-order valence-electron chi connectivity index (χ3n) is 6.42. The number of hydrogen-bond acceptors (Lipinski definition) is 4. The van der Waals surface area contributed by atoms with E-state index in [-0.39, 0.29) is 35.2 Å². The molecule has 1 atom stereocenters. The van der Waals surface area contributed by atoms with Crippen molar-refractivity contribution in [3.05, 3.63) is 63.4 Å². The largest absolute Gasteiger partial charge is 0.437 e. The fourth-order valence-electron chi connectivity index (χ4n) is 4.24. The lowest BCUT2D eigenvalue weighted by molar-refractivity contribution is -0.277. The number of nitrogens with zero attached hydrogens (tertiary/aromatic N) is 2. The molecule has 1 aliphatic heterocycles. The van der Waals surface area contributed by atoms with Gasteiger partial charge in [0.2, 0.25) is 0 Å². The smallest absolute Gasteiger partial charge is 0.372 e. The Morgan fingerprint density at radius 1 is 1.05 bits per heavy atom. The molecule has 15 heteroatoms. The van der Waals surface area contributed by atoms with Crippen molar-refractivity contribution in [3.63, 3.8) is 0 Å². The Morgan fingerprint density at radius 2 is 1.71 bits per heavy atom. The third kappa shape index (κ3) is 5.27. The van der Waals surface area contributed by atoms with Gasteiger partial charge in [-0.15, -0.1) is 0 Å². The molecule has 1 fully saturated rings. The summed E-state index contributed by atoms with van der Waals surface area (Å²) >= 11 is 5.65. The SMILES string of the molecule is Cc1cc(C2=NO[C@](c3cc(Cl)cc(C(F)(F)F)n3)(C(F)(F)F)C2)ccc1C(=O)NC1CC(C(F)(F)F)C1. The maximum absolute atomic E-state index is 14.2. The van der Waals surface area contributed by atoms with E-state index in [0.29, 0.717) is 12.1 Å². The van der Waals surface area contributed by atoms with Gasteiger partial charge in [0.25, 0.3) is 11.5 Å². The number of carbonyl (C=O) groups is 1. The van der Waals surface area contributed by atoms with E-state index < -0.39 is 64.8 Å². The van der Waals surface area contributed by atoms with Crippen molar-refractivity contribution in [1.29, 1.82) is 0 Å². The van der Waals surface area contributed by atoms with Gasteiger partial charge in [-0.25, -0.2) is 4.98 Å². The molecule has 38 heavy (non-hydrogen) atoms. The number of amides is 1. The molecular weight excluding hydrogens is 557 g/mol. The summed E-state index contributed by atoms with van der Waals surface area (Å²) in [6.45, 7) is 1.46. The molecule has 0 bridgehead atoms. The highest BCUT2D eigenvalue weighted by atomic mass is 35.5. The van der Waals surface area contributed by atoms with Crippen molar-refractivity contribution in [2.24, 2.45) is 11.1 Å². The highest BCUT2D eigenvalue weighted by Gasteiger charge is 2.64. The minimum absolute atomic E-state index is 0.0807. The van der Waals surface area contributed by atoms with Crippen LogP contribution in [-0.2, 0) is 16.6 Å². The Kier molecular flexibility index (Phi) is 6.86. The summed E-state index contributed by atoms with van der Waals surface area (Å²) in [4.78, 5) is 20.3. The van der Waals surface area contributed by atoms with E-state index in [0.717, 1.165) is 0 Å². The summed E-state index contributed by atoms with van der Waals surface area (Å²) in [5.74, 6) is -2.15. The summed E-state index contributed by atoms with van der Waals surface area (Å²) in [6, 6.07) is 4.16.